The summed E-state index contributed by atoms with van der Waals surface area (Å²) < 4.78 is 28.7. The van der Waals surface area contributed by atoms with Crippen molar-refractivity contribution in [3.63, 3.8) is 0 Å². The molecule has 0 radical (unpaired) electrons. The summed E-state index contributed by atoms with van der Waals surface area (Å²) in [4.78, 5) is 16.3. The molecule has 0 bridgehead atoms. The topological polar surface area (TPSA) is 46.9 Å². The lowest BCUT2D eigenvalue weighted by atomic mass is 9.68. The Bertz CT molecular complexity index is 1220. The highest BCUT2D eigenvalue weighted by Gasteiger charge is 2.31. The molecule has 0 spiro atoms. The second-order valence-corrected chi connectivity index (χ2v) is 10.1. The predicted molar refractivity (Wildman–Crippen MR) is 144 cm³/mol. The highest BCUT2D eigenvalue weighted by Crippen LogP contribution is 2.44. The van der Waals surface area contributed by atoms with Gasteiger partial charge in [-0.2, -0.15) is 0 Å². The molecular formula is C30H37F2N3O. The Morgan fingerprint density at radius 1 is 1.19 bits per heavy atom. The second-order valence-electron chi connectivity index (χ2n) is 10.1. The van der Waals surface area contributed by atoms with Crippen molar-refractivity contribution in [3.8, 4) is 0 Å². The van der Waals surface area contributed by atoms with Crippen molar-refractivity contribution >= 4 is 11.6 Å². The average Bonchev–Trinajstić information content (AvgIpc) is 3.28. The quantitative estimate of drug-likeness (QED) is 0.301. The first-order chi connectivity index (χ1) is 17.0. The molecule has 1 atom stereocenters. The fraction of sp³-hybridized carbons (Fsp3) is 0.333. The fourth-order valence-corrected chi connectivity index (χ4v) is 4.56. The molecule has 6 heteroatoms. The lowest BCUT2D eigenvalue weighted by molar-refractivity contribution is -0.111. The number of rotatable bonds is 8. The summed E-state index contributed by atoms with van der Waals surface area (Å²) in [5.41, 5.74) is 4.83. The van der Waals surface area contributed by atoms with E-state index in [1.165, 1.54) is 23.6 Å². The van der Waals surface area contributed by atoms with E-state index in [2.05, 4.69) is 47.8 Å². The van der Waals surface area contributed by atoms with Crippen LogP contribution < -0.4 is 5.32 Å². The van der Waals surface area contributed by atoms with Crippen LogP contribution in [0.4, 0.5) is 14.5 Å². The summed E-state index contributed by atoms with van der Waals surface area (Å²) in [6.07, 6.45) is 19.5. The smallest absolute Gasteiger partial charge is 0.248 e. The zero-order valence-corrected chi connectivity index (χ0v) is 21.7. The zero-order chi connectivity index (χ0) is 26.3. The van der Waals surface area contributed by atoms with E-state index in [4.69, 9.17) is 0 Å². The maximum Gasteiger partial charge on any atom is 0.248 e. The number of hydrogen-bond acceptors (Lipinski definition) is 2. The maximum atomic E-state index is 13.3. The van der Waals surface area contributed by atoms with Crippen molar-refractivity contribution in [1.29, 1.82) is 0 Å². The van der Waals surface area contributed by atoms with E-state index in [0.29, 0.717) is 11.5 Å². The van der Waals surface area contributed by atoms with Crippen molar-refractivity contribution < 1.29 is 15.0 Å². The molecule has 1 aliphatic carbocycles. The molecule has 1 N–H and O–H groups in total. The van der Waals surface area contributed by atoms with Gasteiger partial charge < -0.3 is 9.88 Å². The number of aromatic nitrogens is 2. The van der Waals surface area contributed by atoms with Gasteiger partial charge in [-0.15, -0.1) is 0 Å². The maximum absolute atomic E-state index is 13.3. The Hall–Kier alpha value is -3.54. The molecule has 0 saturated carbocycles. The molecule has 192 valence electrons. The Kier molecular flexibility index (Phi) is 8.97. The number of imidazole rings is 1. The van der Waals surface area contributed by atoms with Crippen molar-refractivity contribution in [2.75, 3.05) is 5.32 Å². The molecule has 4 nitrogen and oxygen atoms in total. The number of carbonyl (C=O) groups excluding carboxylic acids is 1. The second kappa shape index (κ2) is 11.9. The standard InChI is InChI=1S/C30H35F2N3O.H2/c1-21(7-6-8-22(2)15-29(36)34-27-17-25(31)16-26(32)18-27)9-10-28-23(3)24(11-12-30(28,4)5)19-35-14-13-33-20-35;/h6-10,13-18,20,24H,11-12,19H2,1-5H3,(H,34,36);1H/b8-6+,10-9+,21-7+,22-15+;. The van der Waals surface area contributed by atoms with E-state index in [1.807, 2.05) is 43.9 Å². The van der Waals surface area contributed by atoms with Crippen LogP contribution in [-0.2, 0) is 11.3 Å². The molecule has 1 heterocycles. The van der Waals surface area contributed by atoms with E-state index in [1.54, 1.807) is 6.92 Å². The molecular weight excluding hydrogens is 456 g/mol. The molecule has 1 aliphatic rings. The van der Waals surface area contributed by atoms with Crippen LogP contribution in [0.25, 0.3) is 0 Å². The molecule has 3 rings (SSSR count). The summed E-state index contributed by atoms with van der Waals surface area (Å²) in [5.74, 6) is -1.43. The number of anilines is 1. The van der Waals surface area contributed by atoms with Gasteiger partial charge in [-0.1, -0.05) is 55.4 Å². The van der Waals surface area contributed by atoms with E-state index in [-0.39, 0.29) is 12.5 Å². The number of halogens is 2. The van der Waals surface area contributed by atoms with E-state index in [0.717, 1.165) is 36.7 Å². The van der Waals surface area contributed by atoms with Crippen LogP contribution in [0.2, 0.25) is 0 Å². The highest BCUT2D eigenvalue weighted by molar-refractivity contribution is 5.99. The molecule has 0 saturated heterocycles. The fourth-order valence-electron chi connectivity index (χ4n) is 4.56. The van der Waals surface area contributed by atoms with Gasteiger partial charge in [-0.25, -0.2) is 13.8 Å². The van der Waals surface area contributed by atoms with Crippen molar-refractivity contribution in [1.82, 2.24) is 9.55 Å². The Morgan fingerprint density at radius 2 is 1.92 bits per heavy atom. The van der Waals surface area contributed by atoms with Crippen LogP contribution in [0.5, 0.6) is 0 Å². The van der Waals surface area contributed by atoms with Crippen LogP contribution >= 0.6 is 0 Å². The van der Waals surface area contributed by atoms with E-state index < -0.39 is 17.5 Å². The number of hydrogen-bond donors (Lipinski definition) is 1. The van der Waals surface area contributed by atoms with Crippen molar-refractivity contribution in [3.05, 3.63) is 107 Å². The Morgan fingerprint density at radius 3 is 2.58 bits per heavy atom. The predicted octanol–water partition coefficient (Wildman–Crippen LogP) is 7.80. The number of allylic oxidation sites excluding steroid dienone is 9. The molecule has 0 fully saturated rings. The first kappa shape index (κ1) is 27.1. The summed E-state index contributed by atoms with van der Waals surface area (Å²) >= 11 is 0. The van der Waals surface area contributed by atoms with Gasteiger partial charge in [0.25, 0.3) is 0 Å². The van der Waals surface area contributed by atoms with Gasteiger partial charge in [0, 0.05) is 38.2 Å². The minimum atomic E-state index is -0.740. The minimum absolute atomic E-state index is 0. The summed E-state index contributed by atoms with van der Waals surface area (Å²) in [6.45, 7) is 11.6. The number of amides is 1. The third-order valence-electron chi connectivity index (χ3n) is 6.59. The third kappa shape index (κ3) is 7.74. The molecule has 1 amide bonds. The highest BCUT2D eigenvalue weighted by atomic mass is 19.1. The first-order valence-electron chi connectivity index (χ1n) is 12.2. The van der Waals surface area contributed by atoms with Gasteiger partial charge in [-0.3, -0.25) is 4.79 Å². The lowest BCUT2D eigenvalue weighted by Gasteiger charge is -2.37. The van der Waals surface area contributed by atoms with E-state index in [9.17, 15) is 13.6 Å². The monoisotopic (exact) mass is 493 g/mol. The Labute approximate surface area is 214 Å². The van der Waals surface area contributed by atoms with Crippen LogP contribution in [0, 0.1) is 23.0 Å². The molecule has 2 aromatic rings. The van der Waals surface area contributed by atoms with Crippen LogP contribution in [0.15, 0.2) is 95.7 Å². The molecule has 1 aromatic heterocycles. The summed E-state index contributed by atoms with van der Waals surface area (Å²) in [5, 5.41) is 2.47. The molecule has 1 aromatic carbocycles. The average molecular weight is 494 g/mol. The number of nitrogens with zero attached hydrogens (tertiary/aromatic N) is 2. The molecule has 1 unspecified atom stereocenters. The van der Waals surface area contributed by atoms with E-state index >= 15 is 0 Å². The Balaban J connectivity index is 0.00000481. The summed E-state index contributed by atoms with van der Waals surface area (Å²) in [6, 6.07) is 2.90. The number of benzene rings is 1. The molecule has 36 heavy (non-hydrogen) atoms. The van der Waals surface area contributed by atoms with Crippen molar-refractivity contribution in [2.24, 2.45) is 11.3 Å². The van der Waals surface area contributed by atoms with Crippen LogP contribution in [-0.4, -0.2) is 15.5 Å². The lowest BCUT2D eigenvalue weighted by Crippen LogP contribution is -2.26. The largest absolute Gasteiger partial charge is 0.337 e. The molecule has 0 aliphatic heterocycles. The van der Waals surface area contributed by atoms with Gasteiger partial charge in [-0.05, 0) is 68.2 Å². The third-order valence-corrected chi connectivity index (χ3v) is 6.59. The number of carbonyl (C=O) groups is 1. The number of nitrogens with one attached hydrogen (secondary N) is 1. The summed E-state index contributed by atoms with van der Waals surface area (Å²) in [7, 11) is 0. The van der Waals surface area contributed by atoms with Crippen molar-refractivity contribution in [2.45, 2.75) is 54.0 Å². The first-order valence-corrected chi connectivity index (χ1v) is 12.2. The van der Waals surface area contributed by atoms with Crippen LogP contribution in [0.3, 0.4) is 0 Å². The van der Waals surface area contributed by atoms with Gasteiger partial charge >= 0.3 is 0 Å². The van der Waals surface area contributed by atoms with Gasteiger partial charge in [0.15, 0.2) is 0 Å². The SMILES string of the molecule is CC1=C(/C=C/C(C)=C/C=C/C(C)=C/C(=O)Nc2cc(F)cc(F)c2)C(C)(C)CCC1Cn1ccnc1.[HH]. The van der Waals surface area contributed by atoms with Gasteiger partial charge in [0.05, 0.1) is 6.33 Å². The van der Waals surface area contributed by atoms with Gasteiger partial charge in [0.1, 0.15) is 11.6 Å². The normalized spacial score (nSPS) is 18.9. The van der Waals surface area contributed by atoms with Gasteiger partial charge in [0.2, 0.25) is 5.91 Å². The zero-order valence-electron chi connectivity index (χ0n) is 21.7. The minimum Gasteiger partial charge on any atom is -0.337 e. The van der Waals surface area contributed by atoms with Crippen LogP contribution in [0.1, 0.15) is 48.9 Å².